The Bertz CT molecular complexity index is 1540. The number of carbonyl (C=O) groups is 2. The van der Waals surface area contributed by atoms with E-state index in [1.807, 2.05) is 4.90 Å². The number of imide groups is 1. The van der Waals surface area contributed by atoms with E-state index in [9.17, 15) is 31.2 Å². The predicted octanol–water partition coefficient (Wildman–Crippen LogP) is 3.39. The summed E-state index contributed by atoms with van der Waals surface area (Å²) in [5, 5.41) is 9.11. The van der Waals surface area contributed by atoms with Crippen LogP contribution in [0.1, 0.15) is 31.9 Å². The second kappa shape index (κ2) is 10.3. The molecule has 0 saturated carbocycles. The number of morpholine rings is 1. The number of sulfonamides is 1. The first-order valence-corrected chi connectivity index (χ1v) is 14.9. The molecule has 3 fully saturated rings. The van der Waals surface area contributed by atoms with Crippen molar-refractivity contribution in [1.29, 1.82) is 5.26 Å². The van der Waals surface area contributed by atoms with Crippen LogP contribution in [0.25, 0.3) is 0 Å². The second-order valence-corrected chi connectivity index (χ2v) is 13.1. The van der Waals surface area contributed by atoms with Crippen LogP contribution >= 0.6 is 0 Å². The molecular formula is C28H29F3N4O6S. The molecule has 224 valence electrons. The number of benzene rings is 2. The van der Waals surface area contributed by atoms with Gasteiger partial charge in [-0.05, 0) is 63.2 Å². The lowest BCUT2D eigenvalue weighted by Gasteiger charge is -2.45. The molecule has 3 aliphatic heterocycles. The van der Waals surface area contributed by atoms with Crippen molar-refractivity contribution in [3.05, 3.63) is 53.6 Å². The summed E-state index contributed by atoms with van der Waals surface area (Å²) in [5.41, 5.74) is -3.76. The summed E-state index contributed by atoms with van der Waals surface area (Å²) in [6.45, 7) is 6.28. The van der Waals surface area contributed by atoms with E-state index in [-0.39, 0.29) is 18.0 Å². The third-order valence-corrected chi connectivity index (χ3v) is 9.34. The minimum absolute atomic E-state index is 0.0476. The molecule has 2 amide bonds. The van der Waals surface area contributed by atoms with Crippen molar-refractivity contribution < 1.29 is 40.7 Å². The third-order valence-electron chi connectivity index (χ3n) is 8.03. The molecule has 3 saturated heterocycles. The monoisotopic (exact) mass is 606 g/mol. The highest BCUT2D eigenvalue weighted by Gasteiger charge is 2.71. The Kier molecular flexibility index (Phi) is 7.28. The van der Waals surface area contributed by atoms with Crippen LogP contribution in [0.2, 0.25) is 0 Å². The SMILES string of the molecule is CCS(=O)(=O)Nc1ccc(OCCN2C[C@@]3(C)O[C@](C)(C2)[C@@H]2C(=O)N(c4ccc(C#N)c(C(F)(F)F)c4)C(=O)C23)cc1. The molecule has 14 heteroatoms. The molecule has 4 atom stereocenters. The summed E-state index contributed by atoms with van der Waals surface area (Å²) in [6, 6.07) is 10.8. The number of ether oxygens (including phenoxy) is 2. The van der Waals surface area contributed by atoms with Gasteiger partial charge in [0, 0.05) is 25.3 Å². The molecule has 5 rings (SSSR count). The molecule has 1 N–H and O–H groups in total. The average molecular weight is 607 g/mol. The first-order chi connectivity index (χ1) is 19.6. The number of nitrogens with zero attached hydrogens (tertiary/aromatic N) is 3. The lowest BCUT2D eigenvalue weighted by Crippen LogP contribution is -2.58. The number of hydrogen-bond donors (Lipinski definition) is 1. The number of alkyl halides is 3. The van der Waals surface area contributed by atoms with Crippen molar-refractivity contribution >= 4 is 33.2 Å². The highest BCUT2D eigenvalue weighted by Crippen LogP contribution is 2.55. The number of amides is 2. The lowest BCUT2D eigenvalue weighted by atomic mass is 9.79. The van der Waals surface area contributed by atoms with Gasteiger partial charge in [-0.25, -0.2) is 13.3 Å². The summed E-state index contributed by atoms with van der Waals surface area (Å²) in [4.78, 5) is 30.1. The Hall–Kier alpha value is -3.67. The van der Waals surface area contributed by atoms with Gasteiger partial charge < -0.3 is 9.47 Å². The third kappa shape index (κ3) is 5.21. The molecule has 1 unspecified atom stereocenters. The fraction of sp³-hybridized carbons (Fsp3) is 0.464. The summed E-state index contributed by atoms with van der Waals surface area (Å²) in [5.74, 6) is -2.58. The number of nitriles is 1. The van der Waals surface area contributed by atoms with E-state index in [0.29, 0.717) is 37.1 Å². The van der Waals surface area contributed by atoms with Gasteiger partial charge in [0.15, 0.2) is 0 Å². The van der Waals surface area contributed by atoms with Gasteiger partial charge in [0.25, 0.3) is 0 Å². The molecule has 0 aliphatic carbocycles. The highest BCUT2D eigenvalue weighted by molar-refractivity contribution is 7.92. The van der Waals surface area contributed by atoms with E-state index in [1.165, 1.54) is 19.1 Å². The Balaban J connectivity index is 1.28. The molecule has 0 radical (unpaired) electrons. The number of nitrogens with one attached hydrogen (secondary N) is 1. The summed E-state index contributed by atoms with van der Waals surface area (Å²) in [7, 11) is -3.39. The molecule has 2 aromatic rings. The van der Waals surface area contributed by atoms with Gasteiger partial charge in [-0.1, -0.05) is 0 Å². The molecule has 3 heterocycles. The fourth-order valence-corrected chi connectivity index (χ4v) is 6.98. The molecule has 3 aliphatic rings. The van der Waals surface area contributed by atoms with Crippen LogP contribution in [0, 0.1) is 23.2 Å². The predicted molar refractivity (Wildman–Crippen MR) is 145 cm³/mol. The van der Waals surface area contributed by atoms with Gasteiger partial charge in [-0.3, -0.25) is 19.2 Å². The van der Waals surface area contributed by atoms with Gasteiger partial charge in [-0.2, -0.15) is 18.4 Å². The number of fused-ring (bicyclic) bond motifs is 5. The van der Waals surface area contributed by atoms with E-state index in [2.05, 4.69) is 4.72 Å². The van der Waals surface area contributed by atoms with E-state index in [0.717, 1.165) is 11.0 Å². The average Bonchev–Trinajstić information content (AvgIpc) is 3.28. The largest absolute Gasteiger partial charge is 0.492 e. The minimum atomic E-state index is -4.84. The molecule has 2 bridgehead atoms. The van der Waals surface area contributed by atoms with Crippen LogP contribution in [0.4, 0.5) is 24.5 Å². The maximum Gasteiger partial charge on any atom is 0.417 e. The zero-order valence-electron chi connectivity index (χ0n) is 23.1. The first kappa shape index (κ1) is 29.8. The van der Waals surface area contributed by atoms with Gasteiger partial charge in [0.2, 0.25) is 21.8 Å². The standard InChI is InChI=1S/C28H29F3N4O6S/c1-4-42(38,39)33-18-6-9-20(10-7-18)40-12-11-34-15-26(2)22-23(27(3,16-34)41-26)25(37)35(24(22)36)19-8-5-17(14-32)21(13-19)28(29,30)31/h5-10,13,22-23,33H,4,11-12,15-16H2,1-3H3/t22-,23?,26+,27+/m0/s1. The zero-order valence-corrected chi connectivity index (χ0v) is 23.9. The highest BCUT2D eigenvalue weighted by atomic mass is 32.2. The van der Waals surface area contributed by atoms with Gasteiger partial charge >= 0.3 is 6.18 Å². The van der Waals surface area contributed by atoms with Crippen LogP contribution in [0.5, 0.6) is 5.75 Å². The van der Waals surface area contributed by atoms with Gasteiger partial charge in [0.05, 0.1) is 51.7 Å². The number of anilines is 2. The maximum atomic E-state index is 13.6. The van der Waals surface area contributed by atoms with Crippen LogP contribution in [-0.4, -0.2) is 68.3 Å². The van der Waals surface area contributed by atoms with Crippen molar-refractivity contribution in [3.8, 4) is 11.8 Å². The number of hydrogen-bond acceptors (Lipinski definition) is 8. The Labute approximate surface area is 241 Å². The van der Waals surface area contributed by atoms with Crippen molar-refractivity contribution in [3.63, 3.8) is 0 Å². The fourth-order valence-electron chi connectivity index (χ4n) is 6.34. The lowest BCUT2D eigenvalue weighted by molar-refractivity contribution is -0.169. The van der Waals surface area contributed by atoms with Crippen molar-refractivity contribution in [2.45, 2.75) is 38.1 Å². The van der Waals surface area contributed by atoms with Gasteiger partial charge in [0.1, 0.15) is 12.4 Å². The second-order valence-electron chi connectivity index (χ2n) is 11.1. The summed E-state index contributed by atoms with van der Waals surface area (Å²) < 4.78 is 78.8. The topological polar surface area (TPSA) is 129 Å². The molecular weight excluding hydrogens is 577 g/mol. The van der Waals surface area contributed by atoms with Crippen LogP contribution in [0.15, 0.2) is 42.5 Å². The molecule has 0 spiro atoms. The Morgan fingerprint density at radius 1 is 1.07 bits per heavy atom. The quantitative estimate of drug-likeness (QED) is 0.453. The first-order valence-electron chi connectivity index (χ1n) is 13.3. The minimum Gasteiger partial charge on any atom is -0.492 e. The summed E-state index contributed by atoms with van der Waals surface area (Å²) >= 11 is 0. The molecule has 42 heavy (non-hydrogen) atoms. The maximum absolute atomic E-state index is 13.6. The number of likely N-dealkylation sites (tertiary alicyclic amines) is 1. The van der Waals surface area contributed by atoms with Crippen LogP contribution in [-0.2, 0) is 30.5 Å². The number of halogens is 3. The smallest absolute Gasteiger partial charge is 0.417 e. The van der Waals surface area contributed by atoms with Crippen molar-refractivity contribution in [2.24, 2.45) is 11.8 Å². The number of carbonyl (C=O) groups excluding carboxylic acids is 2. The molecule has 0 aromatic heterocycles. The van der Waals surface area contributed by atoms with Gasteiger partial charge in [-0.15, -0.1) is 0 Å². The Morgan fingerprint density at radius 3 is 2.19 bits per heavy atom. The van der Waals surface area contributed by atoms with Crippen LogP contribution < -0.4 is 14.4 Å². The molecule has 2 aromatic carbocycles. The summed E-state index contributed by atoms with van der Waals surface area (Å²) in [6.07, 6.45) is -4.84. The van der Waals surface area contributed by atoms with E-state index in [1.54, 1.807) is 38.1 Å². The molecule has 10 nitrogen and oxygen atoms in total. The van der Waals surface area contributed by atoms with Crippen LogP contribution in [0.3, 0.4) is 0 Å². The van der Waals surface area contributed by atoms with Crippen molar-refractivity contribution in [2.75, 3.05) is 41.6 Å². The van der Waals surface area contributed by atoms with Crippen molar-refractivity contribution in [1.82, 2.24) is 4.90 Å². The van der Waals surface area contributed by atoms with E-state index in [4.69, 9.17) is 14.7 Å². The zero-order chi connectivity index (χ0) is 30.7. The normalized spacial score (nSPS) is 27.6. The van der Waals surface area contributed by atoms with E-state index >= 15 is 0 Å². The number of rotatable bonds is 8. The Morgan fingerprint density at radius 2 is 1.67 bits per heavy atom. The van der Waals surface area contributed by atoms with E-state index < -0.39 is 62.2 Å².